The van der Waals surface area contributed by atoms with Crippen molar-refractivity contribution in [1.29, 1.82) is 10.5 Å². The molecule has 2 aliphatic rings. The second-order valence-electron chi connectivity index (χ2n) is 12.1. The number of nitriles is 2. The highest BCUT2D eigenvalue weighted by molar-refractivity contribution is 6.14. The predicted octanol–water partition coefficient (Wildman–Crippen LogP) is 6.38. The normalized spacial score (nSPS) is 15.6. The number of aryl methyl sites for hydroxylation is 2. The number of nitrogens with zero attached hydrogens (tertiary/aromatic N) is 4. The molecule has 0 bridgehead atoms. The lowest BCUT2D eigenvalue weighted by molar-refractivity contribution is 0.0583. The molecule has 2 amide bonds. The summed E-state index contributed by atoms with van der Waals surface area (Å²) in [7, 11) is 1.31. The van der Waals surface area contributed by atoms with Crippen LogP contribution in [0.1, 0.15) is 116 Å². The van der Waals surface area contributed by atoms with Gasteiger partial charge in [0.1, 0.15) is 0 Å². The van der Waals surface area contributed by atoms with E-state index in [9.17, 15) is 14.4 Å². The van der Waals surface area contributed by atoms with Crippen LogP contribution in [-0.4, -0.2) is 60.9 Å². The van der Waals surface area contributed by atoms with E-state index in [0.717, 1.165) is 42.4 Å². The lowest BCUT2D eigenvalue weighted by Gasteiger charge is -2.35. The molecule has 8 nitrogen and oxygen atoms in total. The van der Waals surface area contributed by atoms with Crippen molar-refractivity contribution < 1.29 is 19.1 Å². The van der Waals surface area contributed by atoms with Gasteiger partial charge in [0.25, 0.3) is 11.8 Å². The summed E-state index contributed by atoms with van der Waals surface area (Å²) < 4.78 is 5.21. The number of esters is 1. The van der Waals surface area contributed by atoms with Gasteiger partial charge in [0.05, 0.1) is 47.1 Å². The summed E-state index contributed by atoms with van der Waals surface area (Å²) in [6.07, 6.45) is 4.07. The smallest absolute Gasteiger partial charge is 0.338 e. The van der Waals surface area contributed by atoms with E-state index in [-0.39, 0.29) is 34.8 Å². The molecule has 5 rings (SSSR count). The zero-order valence-electron chi connectivity index (χ0n) is 26.8. The number of hydrogen-bond acceptors (Lipinski definition) is 6. The second-order valence-corrected chi connectivity index (χ2v) is 12.1. The summed E-state index contributed by atoms with van der Waals surface area (Å²) in [5, 5.41) is 18.3. The van der Waals surface area contributed by atoms with Crippen molar-refractivity contribution in [3.63, 3.8) is 0 Å². The van der Waals surface area contributed by atoms with Crippen LogP contribution in [0.4, 0.5) is 0 Å². The maximum absolute atomic E-state index is 14.5. The summed E-state index contributed by atoms with van der Waals surface area (Å²) in [4.78, 5) is 45.8. The fourth-order valence-electron chi connectivity index (χ4n) is 6.96. The average Bonchev–Trinajstić information content (AvgIpc) is 3.13. The van der Waals surface area contributed by atoms with Crippen LogP contribution in [0, 0.1) is 22.7 Å². The Balaban J connectivity index is 1.44. The molecule has 3 aromatic rings. The fourth-order valence-corrected chi connectivity index (χ4v) is 6.96. The van der Waals surface area contributed by atoms with Crippen molar-refractivity contribution in [2.45, 2.75) is 64.2 Å². The zero-order valence-corrected chi connectivity index (χ0v) is 26.8. The standard InChI is InChI=1S/C38H40N4O4/c1-4-27-22-28(5-2)34(38(45)46-3)35(37(44)42-20-16-32(17-21-42)30-12-8-26(24-40)9-13-30)33(27)36(43)41-18-14-31(15-19-41)29-10-6-25(23-39)7-11-29/h6-13,22,31-32H,4-5,14-21H2,1-3H3. The molecule has 46 heavy (non-hydrogen) atoms. The van der Waals surface area contributed by atoms with Gasteiger partial charge >= 0.3 is 5.97 Å². The van der Waals surface area contributed by atoms with E-state index in [4.69, 9.17) is 15.3 Å². The van der Waals surface area contributed by atoms with E-state index >= 15 is 0 Å². The van der Waals surface area contributed by atoms with Crippen LogP contribution in [0.5, 0.6) is 0 Å². The maximum Gasteiger partial charge on any atom is 0.338 e. The highest BCUT2D eigenvalue weighted by atomic mass is 16.5. The molecule has 0 unspecified atom stereocenters. The fraction of sp³-hybridized carbons (Fsp3) is 0.395. The topological polar surface area (TPSA) is 114 Å². The molecular formula is C38H40N4O4. The van der Waals surface area contributed by atoms with Gasteiger partial charge in [-0.25, -0.2) is 4.79 Å². The number of piperidine rings is 2. The van der Waals surface area contributed by atoms with Gasteiger partial charge in [0.2, 0.25) is 0 Å². The van der Waals surface area contributed by atoms with Gasteiger partial charge < -0.3 is 14.5 Å². The van der Waals surface area contributed by atoms with Crippen molar-refractivity contribution in [2.75, 3.05) is 33.3 Å². The molecule has 2 aliphatic heterocycles. The third kappa shape index (κ3) is 6.53. The summed E-state index contributed by atoms with van der Waals surface area (Å²) >= 11 is 0. The Bertz CT molecular complexity index is 1680. The first kappa shape index (κ1) is 32.4. The minimum atomic E-state index is -0.608. The van der Waals surface area contributed by atoms with E-state index in [0.29, 0.717) is 61.3 Å². The summed E-state index contributed by atoms with van der Waals surface area (Å²) in [5.74, 6) is -0.611. The summed E-state index contributed by atoms with van der Waals surface area (Å²) in [6.45, 7) is 5.95. The summed E-state index contributed by atoms with van der Waals surface area (Å²) in [5.41, 5.74) is 5.67. The number of likely N-dealkylation sites (tertiary alicyclic amines) is 2. The minimum absolute atomic E-state index is 0.166. The first-order valence-corrected chi connectivity index (χ1v) is 16.2. The van der Waals surface area contributed by atoms with Gasteiger partial charge in [-0.2, -0.15) is 10.5 Å². The minimum Gasteiger partial charge on any atom is -0.465 e. The molecule has 0 N–H and O–H groups in total. The highest BCUT2D eigenvalue weighted by Crippen LogP contribution is 2.34. The quantitative estimate of drug-likeness (QED) is 0.285. The SMILES string of the molecule is CCc1cc(CC)c(C(=O)N2CCC(c3ccc(C#N)cc3)CC2)c(C(=O)N2CCC(c3ccc(C#N)cc3)CC2)c1C(=O)OC. The average molecular weight is 617 g/mol. The Morgan fingerprint density at radius 1 is 0.674 bits per heavy atom. The van der Waals surface area contributed by atoms with Gasteiger partial charge in [0.15, 0.2) is 0 Å². The van der Waals surface area contributed by atoms with E-state index in [1.807, 2.05) is 73.3 Å². The largest absolute Gasteiger partial charge is 0.465 e. The number of rotatable bonds is 7. The number of ether oxygens (including phenoxy) is 1. The molecule has 0 aromatic heterocycles. The van der Waals surface area contributed by atoms with Crippen molar-refractivity contribution in [2.24, 2.45) is 0 Å². The van der Waals surface area contributed by atoms with Crippen LogP contribution in [0.3, 0.4) is 0 Å². The Kier molecular flexibility index (Phi) is 10.2. The molecular weight excluding hydrogens is 576 g/mol. The number of amides is 2. The molecule has 236 valence electrons. The summed E-state index contributed by atoms with van der Waals surface area (Å²) in [6, 6.07) is 21.5. The predicted molar refractivity (Wildman–Crippen MR) is 175 cm³/mol. The number of methoxy groups -OCH3 is 1. The maximum atomic E-state index is 14.5. The van der Waals surface area contributed by atoms with Gasteiger partial charge in [-0.3, -0.25) is 9.59 Å². The first-order chi connectivity index (χ1) is 22.3. The Hall–Kier alpha value is -4.95. The number of hydrogen-bond donors (Lipinski definition) is 0. The second kappa shape index (κ2) is 14.4. The molecule has 0 spiro atoms. The highest BCUT2D eigenvalue weighted by Gasteiger charge is 2.36. The van der Waals surface area contributed by atoms with Crippen molar-refractivity contribution >= 4 is 17.8 Å². The van der Waals surface area contributed by atoms with Gasteiger partial charge in [-0.05, 0) is 96.9 Å². The molecule has 8 heteroatoms. The Morgan fingerprint density at radius 3 is 1.43 bits per heavy atom. The number of benzene rings is 3. The monoisotopic (exact) mass is 616 g/mol. The van der Waals surface area contributed by atoms with E-state index in [1.165, 1.54) is 7.11 Å². The van der Waals surface area contributed by atoms with Crippen molar-refractivity contribution in [1.82, 2.24) is 9.80 Å². The first-order valence-electron chi connectivity index (χ1n) is 16.2. The van der Waals surface area contributed by atoms with Crippen LogP contribution >= 0.6 is 0 Å². The number of carbonyl (C=O) groups excluding carboxylic acids is 3. The molecule has 0 atom stereocenters. The van der Waals surface area contributed by atoms with Crippen LogP contribution in [0.2, 0.25) is 0 Å². The Labute approximate surface area is 271 Å². The molecule has 2 fully saturated rings. The zero-order chi connectivity index (χ0) is 32.8. The molecule has 2 saturated heterocycles. The third-order valence-electron chi connectivity index (χ3n) is 9.66. The van der Waals surface area contributed by atoms with Crippen LogP contribution in [-0.2, 0) is 17.6 Å². The number of carbonyl (C=O) groups is 3. The van der Waals surface area contributed by atoms with E-state index in [1.54, 1.807) is 4.90 Å². The van der Waals surface area contributed by atoms with Crippen LogP contribution in [0.15, 0.2) is 54.6 Å². The molecule has 0 radical (unpaired) electrons. The Morgan fingerprint density at radius 2 is 1.07 bits per heavy atom. The lowest BCUT2D eigenvalue weighted by atomic mass is 9.85. The van der Waals surface area contributed by atoms with Gasteiger partial charge in [-0.15, -0.1) is 0 Å². The van der Waals surface area contributed by atoms with Crippen molar-refractivity contribution in [3.05, 3.63) is 105 Å². The molecule has 3 aromatic carbocycles. The van der Waals surface area contributed by atoms with Crippen LogP contribution in [0.25, 0.3) is 0 Å². The van der Waals surface area contributed by atoms with Crippen molar-refractivity contribution in [3.8, 4) is 12.1 Å². The van der Waals surface area contributed by atoms with E-state index < -0.39 is 5.97 Å². The van der Waals surface area contributed by atoms with Gasteiger partial charge in [-0.1, -0.05) is 44.2 Å². The van der Waals surface area contributed by atoms with Crippen LogP contribution < -0.4 is 0 Å². The van der Waals surface area contributed by atoms with E-state index in [2.05, 4.69) is 12.1 Å². The lowest BCUT2D eigenvalue weighted by Crippen LogP contribution is -2.42. The molecule has 2 heterocycles. The molecule has 0 aliphatic carbocycles. The molecule has 0 saturated carbocycles. The van der Waals surface area contributed by atoms with Gasteiger partial charge in [0, 0.05) is 26.2 Å². The third-order valence-corrected chi connectivity index (χ3v) is 9.66.